The van der Waals surface area contributed by atoms with Crippen LogP contribution in [0.2, 0.25) is 0 Å². The molecule has 2 rings (SSSR count). The fraction of sp³-hybridized carbons (Fsp3) is 0.562. The van der Waals surface area contributed by atoms with E-state index in [0.29, 0.717) is 6.54 Å². The van der Waals surface area contributed by atoms with Crippen molar-refractivity contribution in [1.29, 1.82) is 0 Å². The third kappa shape index (κ3) is 3.35. The average Bonchev–Trinajstić information content (AvgIpc) is 2.37. The molecular weight excluding hydrogens is 238 g/mol. The van der Waals surface area contributed by atoms with E-state index in [9.17, 15) is 9.90 Å². The second-order valence-electron chi connectivity index (χ2n) is 5.54. The first-order valence-corrected chi connectivity index (χ1v) is 7.18. The summed E-state index contributed by atoms with van der Waals surface area (Å²) < 4.78 is 0. The molecule has 0 aliphatic heterocycles. The zero-order valence-electron chi connectivity index (χ0n) is 11.6. The predicted octanol–water partition coefficient (Wildman–Crippen LogP) is 2.64. The Morgan fingerprint density at radius 3 is 2.37 bits per heavy atom. The highest BCUT2D eigenvalue weighted by atomic mass is 16.4. The van der Waals surface area contributed by atoms with Gasteiger partial charge in [-0.05, 0) is 43.4 Å². The normalized spacial score (nSPS) is 16.9. The van der Waals surface area contributed by atoms with Crippen molar-refractivity contribution in [3.8, 4) is 0 Å². The van der Waals surface area contributed by atoms with Crippen LogP contribution in [-0.4, -0.2) is 24.2 Å². The molecule has 1 aliphatic rings. The van der Waals surface area contributed by atoms with E-state index in [-0.39, 0.29) is 0 Å². The van der Waals surface area contributed by atoms with E-state index in [4.69, 9.17) is 0 Å². The molecule has 0 aromatic heterocycles. The average molecular weight is 261 g/mol. The van der Waals surface area contributed by atoms with E-state index >= 15 is 0 Å². The van der Waals surface area contributed by atoms with Crippen molar-refractivity contribution in [3.05, 3.63) is 35.4 Å². The van der Waals surface area contributed by atoms with Gasteiger partial charge in [0.05, 0.1) is 5.41 Å². The van der Waals surface area contributed by atoms with Crippen molar-refractivity contribution >= 4 is 5.97 Å². The molecular formula is C16H23NO2. The van der Waals surface area contributed by atoms with Gasteiger partial charge >= 0.3 is 5.97 Å². The van der Waals surface area contributed by atoms with Crippen molar-refractivity contribution in [2.75, 3.05) is 13.1 Å². The van der Waals surface area contributed by atoms with Gasteiger partial charge in [0, 0.05) is 6.54 Å². The lowest BCUT2D eigenvalue weighted by Gasteiger charge is -2.37. The minimum Gasteiger partial charge on any atom is -0.481 e. The molecule has 0 bridgehead atoms. The van der Waals surface area contributed by atoms with Gasteiger partial charge in [-0.15, -0.1) is 0 Å². The Balaban J connectivity index is 1.73. The summed E-state index contributed by atoms with van der Waals surface area (Å²) >= 11 is 0. The maximum Gasteiger partial charge on any atom is 0.310 e. The molecule has 3 nitrogen and oxygen atoms in total. The molecule has 1 aliphatic carbocycles. The van der Waals surface area contributed by atoms with Crippen LogP contribution in [0.25, 0.3) is 0 Å². The zero-order chi connectivity index (χ0) is 13.7. The van der Waals surface area contributed by atoms with Crippen LogP contribution < -0.4 is 5.32 Å². The van der Waals surface area contributed by atoms with E-state index in [0.717, 1.165) is 38.6 Å². The molecule has 0 radical (unpaired) electrons. The first-order valence-electron chi connectivity index (χ1n) is 7.18. The largest absolute Gasteiger partial charge is 0.481 e. The second kappa shape index (κ2) is 6.20. The van der Waals surface area contributed by atoms with Gasteiger partial charge in [-0.2, -0.15) is 0 Å². The lowest BCUT2D eigenvalue weighted by Crippen LogP contribution is -2.46. The lowest BCUT2D eigenvalue weighted by atomic mass is 9.69. The molecule has 0 unspecified atom stereocenters. The molecule has 0 amide bonds. The molecule has 1 fully saturated rings. The Morgan fingerprint density at radius 2 is 1.89 bits per heavy atom. The first kappa shape index (κ1) is 14.1. The van der Waals surface area contributed by atoms with Crippen molar-refractivity contribution in [2.24, 2.45) is 5.41 Å². The molecule has 1 aromatic carbocycles. The van der Waals surface area contributed by atoms with Gasteiger partial charge in [0.15, 0.2) is 0 Å². The summed E-state index contributed by atoms with van der Waals surface area (Å²) in [5, 5.41) is 12.5. The maximum absolute atomic E-state index is 11.2. The van der Waals surface area contributed by atoms with Crippen LogP contribution in [0, 0.1) is 5.41 Å². The smallest absolute Gasteiger partial charge is 0.310 e. The molecule has 0 atom stereocenters. The van der Waals surface area contributed by atoms with Crippen molar-refractivity contribution in [2.45, 2.75) is 39.0 Å². The highest BCUT2D eigenvalue weighted by Crippen LogP contribution is 2.40. The summed E-state index contributed by atoms with van der Waals surface area (Å²) in [4.78, 5) is 11.2. The Bertz CT molecular complexity index is 421. The monoisotopic (exact) mass is 261 g/mol. The van der Waals surface area contributed by atoms with Crippen LogP contribution in [0.3, 0.4) is 0 Å². The summed E-state index contributed by atoms with van der Waals surface area (Å²) in [7, 11) is 0. The third-order valence-electron chi connectivity index (χ3n) is 4.25. The van der Waals surface area contributed by atoms with Crippen LogP contribution in [-0.2, 0) is 17.6 Å². The first-order chi connectivity index (χ1) is 9.16. The van der Waals surface area contributed by atoms with Crippen LogP contribution in [0.15, 0.2) is 24.3 Å². The Labute approximate surface area is 115 Å². The molecule has 0 saturated heterocycles. The summed E-state index contributed by atoms with van der Waals surface area (Å²) in [6.07, 6.45) is 4.72. The summed E-state index contributed by atoms with van der Waals surface area (Å²) in [5.41, 5.74) is 2.19. The SMILES string of the molecule is CCc1ccc(CCNCC2(C(=O)O)CCC2)cc1. The molecule has 19 heavy (non-hydrogen) atoms. The maximum atomic E-state index is 11.2. The van der Waals surface area contributed by atoms with Crippen molar-refractivity contribution in [3.63, 3.8) is 0 Å². The number of carboxylic acids is 1. The Kier molecular flexibility index (Phi) is 4.59. The Hall–Kier alpha value is -1.35. The molecule has 3 heteroatoms. The summed E-state index contributed by atoms with van der Waals surface area (Å²) in [6.45, 7) is 3.61. The van der Waals surface area contributed by atoms with Gasteiger partial charge in [0.2, 0.25) is 0 Å². The predicted molar refractivity (Wildman–Crippen MR) is 76.3 cm³/mol. The van der Waals surface area contributed by atoms with Crippen LogP contribution in [0.4, 0.5) is 0 Å². The zero-order valence-corrected chi connectivity index (χ0v) is 11.6. The minimum atomic E-state index is -0.640. The fourth-order valence-electron chi connectivity index (χ4n) is 2.57. The number of nitrogens with one attached hydrogen (secondary N) is 1. The van der Waals surface area contributed by atoms with E-state index in [2.05, 4.69) is 36.5 Å². The third-order valence-corrected chi connectivity index (χ3v) is 4.25. The number of hydrogen-bond acceptors (Lipinski definition) is 2. The number of aryl methyl sites for hydroxylation is 1. The van der Waals surface area contributed by atoms with Gasteiger partial charge in [-0.25, -0.2) is 0 Å². The number of carboxylic acid groups (broad SMARTS) is 1. The standard InChI is InChI=1S/C16H23NO2/c1-2-13-4-6-14(7-5-13)8-11-17-12-16(15(18)19)9-3-10-16/h4-7,17H,2-3,8-12H2,1H3,(H,18,19). The summed E-state index contributed by atoms with van der Waals surface area (Å²) in [6, 6.07) is 8.66. The van der Waals surface area contributed by atoms with Gasteiger partial charge in [-0.1, -0.05) is 37.6 Å². The molecule has 104 valence electrons. The summed E-state index contributed by atoms with van der Waals surface area (Å²) in [5.74, 6) is -0.640. The van der Waals surface area contributed by atoms with Crippen molar-refractivity contribution < 1.29 is 9.90 Å². The molecule has 1 saturated carbocycles. The van der Waals surface area contributed by atoms with E-state index in [1.54, 1.807) is 0 Å². The number of hydrogen-bond donors (Lipinski definition) is 2. The van der Waals surface area contributed by atoms with Gasteiger partial charge in [0.1, 0.15) is 0 Å². The molecule has 2 N–H and O–H groups in total. The quantitative estimate of drug-likeness (QED) is 0.742. The molecule has 0 heterocycles. The second-order valence-corrected chi connectivity index (χ2v) is 5.54. The Morgan fingerprint density at radius 1 is 1.26 bits per heavy atom. The number of rotatable bonds is 7. The number of benzene rings is 1. The molecule has 0 spiro atoms. The molecule has 1 aromatic rings. The number of carbonyl (C=O) groups is 1. The van der Waals surface area contributed by atoms with E-state index in [1.807, 2.05) is 0 Å². The number of aliphatic carboxylic acids is 1. The van der Waals surface area contributed by atoms with Crippen LogP contribution in [0.5, 0.6) is 0 Å². The van der Waals surface area contributed by atoms with E-state index < -0.39 is 11.4 Å². The van der Waals surface area contributed by atoms with Gasteiger partial charge < -0.3 is 10.4 Å². The highest BCUT2D eigenvalue weighted by molar-refractivity contribution is 5.76. The highest BCUT2D eigenvalue weighted by Gasteiger charge is 2.43. The van der Waals surface area contributed by atoms with Crippen LogP contribution >= 0.6 is 0 Å². The van der Waals surface area contributed by atoms with Gasteiger partial charge in [-0.3, -0.25) is 4.79 Å². The topological polar surface area (TPSA) is 49.3 Å². The minimum absolute atomic E-state index is 0.480. The fourth-order valence-corrected chi connectivity index (χ4v) is 2.57. The van der Waals surface area contributed by atoms with Crippen molar-refractivity contribution in [1.82, 2.24) is 5.32 Å². The van der Waals surface area contributed by atoms with E-state index in [1.165, 1.54) is 11.1 Å². The van der Waals surface area contributed by atoms with Gasteiger partial charge in [0.25, 0.3) is 0 Å². The van der Waals surface area contributed by atoms with Crippen LogP contribution in [0.1, 0.15) is 37.3 Å². The lowest BCUT2D eigenvalue weighted by molar-refractivity contribution is -0.154.